The smallest absolute Gasteiger partial charge is 0.133 e. The molecule has 1 unspecified atom stereocenters. The minimum Gasteiger partial charge on any atom is -0.496 e. The normalized spacial score (nSPS) is 11.7. The summed E-state index contributed by atoms with van der Waals surface area (Å²) in [5, 5.41) is 8.95. The Bertz CT molecular complexity index is 414. The van der Waals surface area contributed by atoms with Gasteiger partial charge in [-0.15, -0.1) is 0 Å². The summed E-state index contributed by atoms with van der Waals surface area (Å²) in [6.45, 7) is 2.78. The molecule has 0 fully saturated rings. The monoisotopic (exact) mass is 296 g/mol. The maximum Gasteiger partial charge on any atom is 0.133 e. The van der Waals surface area contributed by atoms with Crippen LogP contribution >= 0.6 is 15.9 Å². The molecule has 1 rings (SSSR count). The van der Waals surface area contributed by atoms with Crippen molar-refractivity contribution in [1.82, 2.24) is 0 Å². The number of nitrogens with zero attached hydrogens (tertiary/aromatic N) is 2. The van der Waals surface area contributed by atoms with E-state index in [0.717, 1.165) is 28.9 Å². The maximum atomic E-state index is 8.95. The Hall–Kier alpha value is -1.21. The lowest BCUT2D eigenvalue weighted by Gasteiger charge is -2.22. The van der Waals surface area contributed by atoms with Gasteiger partial charge in [-0.3, -0.25) is 0 Å². The third-order valence-corrected chi connectivity index (χ3v) is 3.37. The molecule has 0 saturated carbocycles. The molecule has 17 heavy (non-hydrogen) atoms. The summed E-state index contributed by atoms with van der Waals surface area (Å²) < 4.78 is 6.11. The van der Waals surface area contributed by atoms with Gasteiger partial charge in [0, 0.05) is 19.3 Å². The van der Waals surface area contributed by atoms with E-state index in [-0.39, 0.29) is 5.92 Å². The van der Waals surface area contributed by atoms with Gasteiger partial charge in [-0.05, 0) is 40.5 Å². The van der Waals surface area contributed by atoms with Crippen LogP contribution in [0.3, 0.4) is 0 Å². The second-order valence-electron chi connectivity index (χ2n) is 3.93. The molecule has 0 aliphatic rings. The van der Waals surface area contributed by atoms with Crippen molar-refractivity contribution in [1.29, 1.82) is 5.26 Å². The quantitative estimate of drug-likeness (QED) is 0.835. The standard InChI is InChI=1S/C13H17BrN2O/c1-4-10(8-15)9-16(2)11-5-6-13(17-3)12(14)7-11/h5-7,10H,4,9H2,1-3H3. The van der Waals surface area contributed by atoms with E-state index in [9.17, 15) is 0 Å². The van der Waals surface area contributed by atoms with Crippen LogP contribution in [0, 0.1) is 17.2 Å². The molecule has 0 N–H and O–H groups in total. The van der Waals surface area contributed by atoms with Crippen molar-refractivity contribution in [3.63, 3.8) is 0 Å². The summed E-state index contributed by atoms with van der Waals surface area (Å²) in [6, 6.07) is 8.23. The van der Waals surface area contributed by atoms with E-state index >= 15 is 0 Å². The maximum absolute atomic E-state index is 8.95. The number of anilines is 1. The van der Waals surface area contributed by atoms with Gasteiger partial charge in [-0.1, -0.05) is 6.92 Å². The van der Waals surface area contributed by atoms with Crippen molar-refractivity contribution >= 4 is 21.6 Å². The fraction of sp³-hybridized carbons (Fsp3) is 0.462. The van der Waals surface area contributed by atoms with Crippen molar-refractivity contribution in [2.45, 2.75) is 13.3 Å². The molecule has 1 aromatic carbocycles. The van der Waals surface area contributed by atoms with Crippen LogP contribution in [-0.4, -0.2) is 20.7 Å². The number of halogens is 1. The lowest BCUT2D eigenvalue weighted by molar-refractivity contribution is 0.412. The third-order valence-electron chi connectivity index (χ3n) is 2.75. The van der Waals surface area contributed by atoms with Crippen LogP contribution in [0.4, 0.5) is 5.69 Å². The molecule has 92 valence electrons. The highest BCUT2D eigenvalue weighted by Crippen LogP contribution is 2.29. The molecule has 0 radical (unpaired) electrons. The summed E-state index contributed by atoms with van der Waals surface area (Å²) in [7, 11) is 3.64. The van der Waals surface area contributed by atoms with Crippen molar-refractivity contribution in [2.75, 3.05) is 25.6 Å². The second-order valence-corrected chi connectivity index (χ2v) is 4.79. The highest BCUT2D eigenvalue weighted by Gasteiger charge is 2.10. The minimum absolute atomic E-state index is 0.0703. The first-order valence-corrected chi connectivity index (χ1v) is 6.36. The molecule has 0 saturated heterocycles. The van der Waals surface area contributed by atoms with E-state index < -0.39 is 0 Å². The van der Waals surface area contributed by atoms with Crippen LogP contribution in [0.2, 0.25) is 0 Å². The predicted octanol–water partition coefficient (Wildman–Crippen LogP) is 3.44. The van der Waals surface area contributed by atoms with Crippen LogP contribution in [0.5, 0.6) is 5.75 Å². The number of methoxy groups -OCH3 is 1. The second kappa shape index (κ2) is 6.51. The van der Waals surface area contributed by atoms with Gasteiger partial charge in [-0.2, -0.15) is 5.26 Å². The van der Waals surface area contributed by atoms with Gasteiger partial charge in [0.2, 0.25) is 0 Å². The van der Waals surface area contributed by atoms with E-state index in [2.05, 4.69) is 26.9 Å². The average Bonchev–Trinajstić information content (AvgIpc) is 2.35. The van der Waals surface area contributed by atoms with E-state index in [0.29, 0.717) is 0 Å². The Morgan fingerprint density at radius 1 is 1.53 bits per heavy atom. The number of ether oxygens (including phenoxy) is 1. The van der Waals surface area contributed by atoms with Crippen molar-refractivity contribution in [3.8, 4) is 11.8 Å². The molecule has 0 aliphatic heterocycles. The molecule has 0 spiro atoms. The number of rotatable bonds is 5. The summed E-state index contributed by atoms with van der Waals surface area (Å²) in [6.07, 6.45) is 0.873. The van der Waals surface area contributed by atoms with Crippen molar-refractivity contribution in [2.24, 2.45) is 5.92 Å². The Morgan fingerprint density at radius 3 is 2.71 bits per heavy atom. The van der Waals surface area contributed by atoms with Gasteiger partial charge in [-0.25, -0.2) is 0 Å². The lowest BCUT2D eigenvalue weighted by Crippen LogP contribution is -2.24. The number of benzene rings is 1. The fourth-order valence-electron chi connectivity index (χ4n) is 1.59. The zero-order valence-electron chi connectivity index (χ0n) is 10.4. The Morgan fingerprint density at radius 2 is 2.24 bits per heavy atom. The van der Waals surface area contributed by atoms with Crippen LogP contribution in [0.25, 0.3) is 0 Å². The molecule has 0 aliphatic carbocycles. The molecule has 0 heterocycles. The Balaban J connectivity index is 2.79. The summed E-state index contributed by atoms with van der Waals surface area (Å²) >= 11 is 3.46. The zero-order chi connectivity index (χ0) is 12.8. The van der Waals surface area contributed by atoms with Crippen LogP contribution in [0.1, 0.15) is 13.3 Å². The first kappa shape index (κ1) is 13.9. The molecule has 4 heteroatoms. The average molecular weight is 297 g/mol. The predicted molar refractivity (Wildman–Crippen MR) is 73.4 cm³/mol. The first-order chi connectivity index (χ1) is 8.12. The fourth-order valence-corrected chi connectivity index (χ4v) is 2.12. The topological polar surface area (TPSA) is 36.3 Å². The summed E-state index contributed by atoms with van der Waals surface area (Å²) in [5.74, 6) is 0.885. The molecule has 1 atom stereocenters. The third kappa shape index (κ3) is 3.64. The van der Waals surface area contributed by atoms with Gasteiger partial charge in [0.15, 0.2) is 0 Å². The van der Waals surface area contributed by atoms with Crippen LogP contribution in [-0.2, 0) is 0 Å². The van der Waals surface area contributed by atoms with E-state index in [1.54, 1.807) is 7.11 Å². The molecular weight excluding hydrogens is 280 g/mol. The number of hydrogen-bond donors (Lipinski definition) is 0. The van der Waals surface area contributed by atoms with Gasteiger partial charge < -0.3 is 9.64 Å². The lowest BCUT2D eigenvalue weighted by atomic mass is 10.1. The van der Waals surface area contributed by atoms with E-state index in [4.69, 9.17) is 10.00 Å². The molecule has 0 bridgehead atoms. The molecular formula is C13H17BrN2O. The van der Waals surface area contributed by atoms with Crippen molar-refractivity contribution in [3.05, 3.63) is 22.7 Å². The summed E-state index contributed by atoms with van der Waals surface area (Å²) in [4.78, 5) is 2.08. The largest absolute Gasteiger partial charge is 0.496 e. The number of hydrogen-bond acceptors (Lipinski definition) is 3. The zero-order valence-corrected chi connectivity index (χ0v) is 12.0. The first-order valence-electron chi connectivity index (χ1n) is 5.56. The van der Waals surface area contributed by atoms with Gasteiger partial charge in [0.25, 0.3) is 0 Å². The Labute approximate surface area is 111 Å². The molecule has 1 aromatic rings. The molecule has 3 nitrogen and oxygen atoms in total. The van der Waals surface area contributed by atoms with Gasteiger partial charge >= 0.3 is 0 Å². The molecule has 0 amide bonds. The van der Waals surface area contributed by atoms with Crippen LogP contribution in [0.15, 0.2) is 22.7 Å². The van der Waals surface area contributed by atoms with Gasteiger partial charge in [0.05, 0.1) is 23.6 Å². The summed E-state index contributed by atoms with van der Waals surface area (Å²) in [5.41, 5.74) is 1.08. The highest BCUT2D eigenvalue weighted by molar-refractivity contribution is 9.10. The van der Waals surface area contributed by atoms with E-state index in [1.165, 1.54) is 0 Å². The Kier molecular flexibility index (Phi) is 5.30. The van der Waals surface area contributed by atoms with Crippen LogP contribution < -0.4 is 9.64 Å². The van der Waals surface area contributed by atoms with E-state index in [1.807, 2.05) is 32.2 Å². The van der Waals surface area contributed by atoms with Crippen molar-refractivity contribution < 1.29 is 4.74 Å². The van der Waals surface area contributed by atoms with Gasteiger partial charge in [0.1, 0.15) is 5.75 Å². The minimum atomic E-state index is 0.0703. The SMILES string of the molecule is CCC(C#N)CN(C)c1ccc(OC)c(Br)c1. The number of nitriles is 1. The molecule has 0 aromatic heterocycles. The highest BCUT2D eigenvalue weighted by atomic mass is 79.9.